The molecule has 0 aromatic heterocycles. The second kappa shape index (κ2) is 6.84. The van der Waals surface area contributed by atoms with Gasteiger partial charge >= 0.3 is 5.97 Å². The molecule has 0 radical (unpaired) electrons. The van der Waals surface area contributed by atoms with Crippen molar-refractivity contribution < 1.29 is 23.1 Å². The molecule has 0 bridgehead atoms. The van der Waals surface area contributed by atoms with Crippen LogP contribution in [0.4, 0.5) is 0 Å². The first kappa shape index (κ1) is 17.4. The molecule has 1 unspecified atom stereocenters. The maximum Gasteiger partial charge on any atom is 0.324 e. The third kappa shape index (κ3) is 4.41. The lowest BCUT2D eigenvalue weighted by Gasteiger charge is -2.26. The molecule has 0 spiro atoms. The second-order valence-corrected chi connectivity index (χ2v) is 7.38. The highest BCUT2D eigenvalue weighted by Gasteiger charge is 2.39. The van der Waals surface area contributed by atoms with Crippen LogP contribution < -0.4 is 4.72 Å². The van der Waals surface area contributed by atoms with Crippen molar-refractivity contribution in [3.8, 4) is 0 Å². The monoisotopic (exact) mass is 308 g/mol. The minimum atomic E-state index is -3.74. The van der Waals surface area contributed by atoms with Gasteiger partial charge in [0.15, 0.2) is 0 Å². The van der Waals surface area contributed by atoms with Gasteiger partial charge in [-0.1, -0.05) is 13.8 Å². The smallest absolute Gasteiger partial charge is 0.324 e. The van der Waals surface area contributed by atoms with Gasteiger partial charge in [0, 0.05) is 25.1 Å². The summed E-state index contributed by atoms with van der Waals surface area (Å²) in [6, 6.07) is -0.746. The van der Waals surface area contributed by atoms with Gasteiger partial charge in [-0.05, 0) is 19.8 Å². The first-order valence-corrected chi connectivity index (χ1v) is 8.21. The van der Waals surface area contributed by atoms with Gasteiger partial charge in [0.05, 0.1) is 6.61 Å². The first-order valence-electron chi connectivity index (χ1n) is 6.77. The normalized spacial score (nSPS) is 21.1. The van der Waals surface area contributed by atoms with Crippen LogP contribution in [0.25, 0.3) is 0 Å². The number of hydrogen-bond donors (Lipinski definition) is 2. The van der Waals surface area contributed by atoms with Gasteiger partial charge in [0.2, 0.25) is 0 Å². The van der Waals surface area contributed by atoms with Crippen molar-refractivity contribution in [1.29, 1.82) is 0 Å². The Bertz CT molecular complexity index is 435. The Morgan fingerprint density at radius 2 is 2.15 bits per heavy atom. The van der Waals surface area contributed by atoms with E-state index in [1.165, 1.54) is 0 Å². The Labute approximate surface area is 120 Å². The lowest BCUT2D eigenvalue weighted by atomic mass is 9.96. The highest BCUT2D eigenvalue weighted by Crippen LogP contribution is 2.22. The molecular weight excluding hydrogens is 284 g/mol. The van der Waals surface area contributed by atoms with Crippen molar-refractivity contribution in [1.82, 2.24) is 9.03 Å². The van der Waals surface area contributed by atoms with E-state index < -0.39 is 27.6 Å². The summed E-state index contributed by atoms with van der Waals surface area (Å²) in [6.07, 6.45) is 1.11. The van der Waals surface area contributed by atoms with E-state index >= 15 is 0 Å². The van der Waals surface area contributed by atoms with Crippen molar-refractivity contribution in [3.63, 3.8) is 0 Å². The first-order chi connectivity index (χ1) is 9.23. The average Bonchev–Trinajstić information content (AvgIpc) is 2.87. The second-order valence-electron chi connectivity index (χ2n) is 5.67. The molecular formula is C12H24N2O5S. The van der Waals surface area contributed by atoms with Gasteiger partial charge in [-0.25, -0.2) is 4.72 Å². The van der Waals surface area contributed by atoms with Gasteiger partial charge in [-0.15, -0.1) is 0 Å². The summed E-state index contributed by atoms with van der Waals surface area (Å²) in [4.78, 5) is 11.8. The van der Waals surface area contributed by atoms with Gasteiger partial charge in [-0.2, -0.15) is 12.7 Å². The summed E-state index contributed by atoms with van der Waals surface area (Å²) in [6.45, 7) is 5.71. The minimum Gasteiger partial charge on any atom is -0.465 e. The summed E-state index contributed by atoms with van der Waals surface area (Å²) in [7, 11) is -3.74. The molecule has 1 aliphatic heterocycles. The molecule has 1 heterocycles. The van der Waals surface area contributed by atoms with E-state index in [9.17, 15) is 13.2 Å². The van der Waals surface area contributed by atoms with Crippen molar-refractivity contribution >= 4 is 16.2 Å². The average molecular weight is 308 g/mol. The maximum absolute atomic E-state index is 12.2. The zero-order chi connectivity index (χ0) is 15.4. The Kier molecular flexibility index (Phi) is 5.93. The molecule has 1 fully saturated rings. The molecule has 8 heteroatoms. The Morgan fingerprint density at radius 1 is 1.50 bits per heavy atom. The zero-order valence-electron chi connectivity index (χ0n) is 12.3. The molecule has 1 aliphatic rings. The quantitative estimate of drug-likeness (QED) is 0.639. The van der Waals surface area contributed by atoms with Crippen molar-refractivity contribution in [2.45, 2.75) is 39.7 Å². The molecule has 20 heavy (non-hydrogen) atoms. The largest absolute Gasteiger partial charge is 0.465 e. The number of ether oxygens (including phenoxy) is 1. The lowest BCUT2D eigenvalue weighted by molar-refractivity contribution is -0.146. The third-order valence-electron chi connectivity index (χ3n) is 3.23. The number of nitrogens with zero attached hydrogens (tertiary/aromatic N) is 1. The van der Waals surface area contributed by atoms with E-state index in [0.717, 1.165) is 4.31 Å². The van der Waals surface area contributed by atoms with Crippen LogP contribution in [0.15, 0.2) is 0 Å². The molecule has 0 aromatic rings. The fourth-order valence-corrected chi connectivity index (χ4v) is 3.56. The summed E-state index contributed by atoms with van der Waals surface area (Å²) >= 11 is 0. The molecule has 0 aromatic carbocycles. The predicted molar refractivity (Wildman–Crippen MR) is 74.2 cm³/mol. The summed E-state index contributed by atoms with van der Waals surface area (Å²) in [5, 5.41) is 9.14. The summed E-state index contributed by atoms with van der Waals surface area (Å²) < 4.78 is 33.0. The van der Waals surface area contributed by atoms with Crippen LogP contribution in [0.3, 0.4) is 0 Å². The number of rotatable bonds is 7. The molecule has 0 amide bonds. The molecule has 2 N–H and O–H groups in total. The van der Waals surface area contributed by atoms with Crippen LogP contribution in [-0.2, 0) is 19.7 Å². The molecule has 1 saturated heterocycles. The fourth-order valence-electron chi connectivity index (χ4n) is 1.93. The highest BCUT2D eigenvalue weighted by atomic mass is 32.2. The molecule has 0 aliphatic carbocycles. The van der Waals surface area contributed by atoms with E-state index in [-0.39, 0.29) is 19.8 Å². The molecule has 7 nitrogen and oxygen atoms in total. The Balaban J connectivity index is 2.73. The van der Waals surface area contributed by atoms with Crippen LogP contribution >= 0.6 is 0 Å². The lowest BCUT2D eigenvalue weighted by Crippen LogP contribution is -2.49. The van der Waals surface area contributed by atoms with Crippen LogP contribution in [-0.4, -0.2) is 56.1 Å². The number of aliphatic hydroxyl groups excluding tert-OH is 1. The zero-order valence-corrected chi connectivity index (χ0v) is 13.1. The Hall–Kier alpha value is -0.700. The minimum absolute atomic E-state index is 0.109. The van der Waals surface area contributed by atoms with E-state index in [4.69, 9.17) is 9.84 Å². The van der Waals surface area contributed by atoms with Crippen LogP contribution in [0.5, 0.6) is 0 Å². The number of nitrogens with one attached hydrogen (secondary N) is 1. The van der Waals surface area contributed by atoms with E-state index in [0.29, 0.717) is 19.4 Å². The van der Waals surface area contributed by atoms with Crippen molar-refractivity contribution in [2.24, 2.45) is 5.41 Å². The predicted octanol–water partition coefficient (Wildman–Crippen LogP) is -0.133. The van der Waals surface area contributed by atoms with Gasteiger partial charge in [0.1, 0.15) is 6.04 Å². The molecule has 118 valence electrons. The SMILES string of the molecule is CCOC(=O)C1CCCN1S(=O)(=O)NCC(C)(C)CO. The van der Waals surface area contributed by atoms with E-state index in [1.54, 1.807) is 20.8 Å². The van der Waals surface area contributed by atoms with Crippen LogP contribution in [0.2, 0.25) is 0 Å². The number of esters is 1. The maximum atomic E-state index is 12.2. The number of carbonyl (C=O) groups is 1. The van der Waals surface area contributed by atoms with E-state index in [1.807, 2.05) is 0 Å². The van der Waals surface area contributed by atoms with Gasteiger partial charge < -0.3 is 9.84 Å². The molecule has 0 saturated carbocycles. The summed E-state index contributed by atoms with van der Waals surface area (Å²) in [5.41, 5.74) is -0.549. The number of aliphatic hydroxyl groups is 1. The van der Waals surface area contributed by atoms with E-state index in [2.05, 4.69) is 4.72 Å². The number of hydrogen-bond acceptors (Lipinski definition) is 5. The Morgan fingerprint density at radius 3 is 2.70 bits per heavy atom. The van der Waals surface area contributed by atoms with Crippen LogP contribution in [0.1, 0.15) is 33.6 Å². The standard InChI is InChI=1S/C12H24N2O5S/c1-4-19-11(16)10-6-5-7-14(10)20(17,18)13-8-12(2,3)9-15/h10,13,15H,4-9H2,1-3H3. The van der Waals surface area contributed by atoms with Crippen LogP contribution in [0, 0.1) is 5.41 Å². The fraction of sp³-hybridized carbons (Fsp3) is 0.917. The van der Waals surface area contributed by atoms with Gasteiger partial charge in [-0.3, -0.25) is 4.79 Å². The third-order valence-corrected chi connectivity index (χ3v) is 4.80. The topological polar surface area (TPSA) is 95.9 Å². The van der Waals surface area contributed by atoms with Gasteiger partial charge in [0.25, 0.3) is 10.2 Å². The molecule has 1 atom stereocenters. The molecule has 1 rings (SSSR count). The van der Waals surface area contributed by atoms with Crippen molar-refractivity contribution in [2.75, 3.05) is 26.3 Å². The van der Waals surface area contributed by atoms with Crippen molar-refractivity contribution in [3.05, 3.63) is 0 Å². The number of carbonyl (C=O) groups excluding carboxylic acids is 1. The highest BCUT2D eigenvalue weighted by molar-refractivity contribution is 7.87. The summed E-state index contributed by atoms with van der Waals surface area (Å²) in [5.74, 6) is -0.503.